The summed E-state index contributed by atoms with van der Waals surface area (Å²) in [5.74, 6) is -1.24. The summed E-state index contributed by atoms with van der Waals surface area (Å²) in [5, 5.41) is 9.20. The molecule has 0 aliphatic carbocycles. The smallest absolute Gasteiger partial charge is 0.329 e. The van der Waals surface area contributed by atoms with E-state index in [9.17, 15) is 19.5 Å². The van der Waals surface area contributed by atoms with E-state index >= 15 is 0 Å². The van der Waals surface area contributed by atoms with Crippen LogP contribution >= 0.6 is 0 Å². The Morgan fingerprint density at radius 2 is 1.87 bits per heavy atom. The van der Waals surface area contributed by atoms with Gasteiger partial charge in [0.15, 0.2) is 0 Å². The van der Waals surface area contributed by atoms with Crippen LogP contribution in [0.4, 0.5) is 0 Å². The lowest BCUT2D eigenvalue weighted by molar-refractivity contribution is -0.147. The molecule has 23 heavy (non-hydrogen) atoms. The first kappa shape index (κ1) is 17.0. The molecule has 0 atom stereocenters. The third-order valence-corrected chi connectivity index (χ3v) is 4.41. The monoisotopic (exact) mass is 318 g/mol. The van der Waals surface area contributed by atoms with Gasteiger partial charge in [-0.25, -0.2) is 4.79 Å². The summed E-state index contributed by atoms with van der Waals surface area (Å²) in [4.78, 5) is 38.3. The van der Waals surface area contributed by atoms with Crippen molar-refractivity contribution in [3.63, 3.8) is 0 Å². The van der Waals surface area contributed by atoms with E-state index in [4.69, 9.17) is 0 Å². The zero-order valence-corrected chi connectivity index (χ0v) is 13.7. The highest BCUT2D eigenvalue weighted by Gasteiger charge is 2.35. The summed E-state index contributed by atoms with van der Waals surface area (Å²) in [6, 6.07) is 6.96. The molecule has 0 spiro atoms. The average molecular weight is 318 g/mol. The number of likely N-dealkylation sites (N-methyl/N-ethyl adjacent to an activating group) is 1. The maximum absolute atomic E-state index is 12.4. The highest BCUT2D eigenvalue weighted by atomic mass is 16.4. The minimum atomic E-state index is -1.28. The van der Waals surface area contributed by atoms with Crippen molar-refractivity contribution in [2.24, 2.45) is 0 Å². The Bertz CT molecular complexity index is 622. The van der Waals surface area contributed by atoms with Gasteiger partial charge in [-0.15, -0.1) is 0 Å². The molecule has 1 aromatic carbocycles. The van der Waals surface area contributed by atoms with E-state index < -0.39 is 11.5 Å². The van der Waals surface area contributed by atoms with Crippen LogP contribution in [0.5, 0.6) is 0 Å². The van der Waals surface area contributed by atoms with Crippen molar-refractivity contribution in [1.82, 2.24) is 9.80 Å². The second kappa shape index (κ2) is 6.40. The third-order valence-electron chi connectivity index (χ3n) is 4.41. The van der Waals surface area contributed by atoms with Gasteiger partial charge in [0.05, 0.1) is 0 Å². The first-order chi connectivity index (χ1) is 10.7. The topological polar surface area (TPSA) is 77.9 Å². The molecule has 0 unspecified atom stereocenters. The molecule has 1 fully saturated rings. The Labute approximate surface area is 135 Å². The molecule has 0 radical (unpaired) electrons. The fourth-order valence-corrected chi connectivity index (χ4v) is 2.44. The lowest BCUT2D eigenvalue weighted by Gasteiger charge is -2.31. The van der Waals surface area contributed by atoms with Gasteiger partial charge in [0, 0.05) is 32.1 Å². The number of carboxylic acid groups (broad SMARTS) is 1. The van der Waals surface area contributed by atoms with Crippen molar-refractivity contribution in [3.05, 3.63) is 35.4 Å². The molecule has 1 heterocycles. The number of rotatable bonds is 5. The quantitative estimate of drug-likeness (QED) is 0.897. The summed E-state index contributed by atoms with van der Waals surface area (Å²) >= 11 is 0. The predicted octanol–water partition coefficient (Wildman–Crippen LogP) is 1.74. The fourth-order valence-electron chi connectivity index (χ4n) is 2.44. The van der Waals surface area contributed by atoms with Crippen molar-refractivity contribution < 1.29 is 19.5 Å². The van der Waals surface area contributed by atoms with Crippen LogP contribution in [0, 0.1) is 0 Å². The number of benzene rings is 1. The van der Waals surface area contributed by atoms with Crippen LogP contribution in [0.3, 0.4) is 0 Å². The number of aliphatic carboxylic acids is 1. The van der Waals surface area contributed by atoms with E-state index in [1.54, 1.807) is 29.2 Å². The van der Waals surface area contributed by atoms with Crippen molar-refractivity contribution >= 4 is 17.8 Å². The first-order valence-electron chi connectivity index (χ1n) is 7.61. The Balaban J connectivity index is 2.08. The van der Waals surface area contributed by atoms with Gasteiger partial charge in [0.1, 0.15) is 5.54 Å². The molecule has 1 aliphatic heterocycles. The second-order valence-electron chi connectivity index (χ2n) is 6.34. The number of nitrogens with zero attached hydrogens (tertiary/aromatic N) is 2. The predicted molar refractivity (Wildman–Crippen MR) is 84.9 cm³/mol. The Hall–Kier alpha value is -2.37. The second-order valence-corrected chi connectivity index (χ2v) is 6.34. The van der Waals surface area contributed by atoms with Crippen LogP contribution in [0.2, 0.25) is 0 Å². The molecule has 0 bridgehead atoms. The van der Waals surface area contributed by atoms with E-state index in [2.05, 4.69) is 0 Å². The molecule has 1 aromatic rings. The number of carbonyl (C=O) groups excluding carboxylic acids is 2. The minimum absolute atomic E-state index is 0.160. The molecule has 1 N–H and O–H groups in total. The van der Waals surface area contributed by atoms with Crippen LogP contribution in [-0.2, 0) is 16.1 Å². The highest BCUT2D eigenvalue weighted by molar-refractivity contribution is 5.97. The normalized spacial score (nSPS) is 14.9. The van der Waals surface area contributed by atoms with E-state index in [0.717, 1.165) is 18.5 Å². The molecular formula is C17H22N2O4. The standard InChI is InChI=1S/C17H22N2O4/c1-17(2,16(22)23)18(3)15(21)13-8-6-12(7-9-13)11-19-10-4-5-14(19)20/h6-9H,4-5,10-11H2,1-3H3,(H,22,23). The molecule has 1 saturated heterocycles. The maximum atomic E-state index is 12.4. The fraction of sp³-hybridized carbons (Fsp3) is 0.471. The number of amides is 2. The largest absolute Gasteiger partial charge is 0.480 e. The number of likely N-dealkylation sites (tertiary alicyclic amines) is 1. The van der Waals surface area contributed by atoms with Gasteiger partial charge in [0.2, 0.25) is 5.91 Å². The van der Waals surface area contributed by atoms with Gasteiger partial charge in [-0.05, 0) is 38.0 Å². The lowest BCUT2D eigenvalue weighted by Crippen LogP contribution is -2.50. The molecule has 124 valence electrons. The van der Waals surface area contributed by atoms with Gasteiger partial charge >= 0.3 is 5.97 Å². The molecule has 6 nitrogen and oxygen atoms in total. The summed E-state index contributed by atoms with van der Waals surface area (Å²) in [6.45, 7) is 4.29. The lowest BCUT2D eigenvalue weighted by atomic mass is 10.0. The van der Waals surface area contributed by atoms with Crippen molar-refractivity contribution in [2.45, 2.75) is 38.8 Å². The summed E-state index contributed by atoms with van der Waals surface area (Å²) in [5.41, 5.74) is 0.104. The Morgan fingerprint density at radius 1 is 1.26 bits per heavy atom. The van der Waals surface area contributed by atoms with Crippen molar-refractivity contribution in [1.29, 1.82) is 0 Å². The summed E-state index contributed by atoms with van der Waals surface area (Å²) < 4.78 is 0. The zero-order valence-electron chi connectivity index (χ0n) is 13.7. The van der Waals surface area contributed by atoms with E-state index in [-0.39, 0.29) is 11.8 Å². The molecule has 0 aromatic heterocycles. The van der Waals surface area contributed by atoms with Gasteiger partial charge in [-0.2, -0.15) is 0 Å². The highest BCUT2D eigenvalue weighted by Crippen LogP contribution is 2.18. The van der Waals surface area contributed by atoms with E-state index in [0.29, 0.717) is 18.5 Å². The number of hydrogen-bond acceptors (Lipinski definition) is 3. The van der Waals surface area contributed by atoms with Crippen LogP contribution in [-0.4, -0.2) is 51.8 Å². The van der Waals surface area contributed by atoms with Crippen LogP contribution in [0.1, 0.15) is 42.6 Å². The van der Waals surface area contributed by atoms with Crippen LogP contribution < -0.4 is 0 Å². The van der Waals surface area contributed by atoms with Crippen molar-refractivity contribution in [2.75, 3.05) is 13.6 Å². The van der Waals surface area contributed by atoms with Crippen LogP contribution in [0.25, 0.3) is 0 Å². The minimum Gasteiger partial charge on any atom is -0.480 e. The molecule has 6 heteroatoms. The summed E-state index contributed by atoms with van der Waals surface area (Å²) in [6.07, 6.45) is 1.50. The van der Waals surface area contributed by atoms with Gasteiger partial charge < -0.3 is 14.9 Å². The number of carboxylic acids is 1. The maximum Gasteiger partial charge on any atom is 0.329 e. The van der Waals surface area contributed by atoms with Gasteiger partial charge in [-0.1, -0.05) is 12.1 Å². The molecule has 2 rings (SSSR count). The Morgan fingerprint density at radius 3 is 2.35 bits per heavy atom. The van der Waals surface area contributed by atoms with Gasteiger partial charge in [0.25, 0.3) is 5.91 Å². The molecular weight excluding hydrogens is 296 g/mol. The van der Waals surface area contributed by atoms with Crippen LogP contribution in [0.15, 0.2) is 24.3 Å². The van der Waals surface area contributed by atoms with Crippen molar-refractivity contribution in [3.8, 4) is 0 Å². The molecule has 2 amide bonds. The zero-order chi connectivity index (χ0) is 17.2. The average Bonchev–Trinajstić information content (AvgIpc) is 2.91. The molecule has 0 saturated carbocycles. The Kier molecular flexibility index (Phi) is 4.73. The van der Waals surface area contributed by atoms with E-state index in [1.165, 1.54) is 25.8 Å². The molecule has 1 aliphatic rings. The van der Waals surface area contributed by atoms with Gasteiger partial charge in [-0.3, -0.25) is 9.59 Å². The first-order valence-corrected chi connectivity index (χ1v) is 7.61. The number of hydrogen-bond donors (Lipinski definition) is 1. The number of carbonyl (C=O) groups is 3. The third kappa shape index (κ3) is 3.52. The summed E-state index contributed by atoms with van der Waals surface area (Å²) in [7, 11) is 1.48. The SMILES string of the molecule is CN(C(=O)c1ccc(CN2CCCC2=O)cc1)C(C)(C)C(=O)O. The van der Waals surface area contributed by atoms with E-state index in [1.807, 2.05) is 0 Å².